The number of nitrogens with zero attached hydrogens (tertiary/aromatic N) is 2. The lowest BCUT2D eigenvalue weighted by molar-refractivity contribution is -0.249. The first-order valence-corrected chi connectivity index (χ1v) is 3.45. The number of carbonyl (C=O) groups excluding carboxylic acids is 1. The Bertz CT molecular complexity index is 295. The van der Waals surface area contributed by atoms with Crippen LogP contribution in [-0.4, -0.2) is 35.8 Å². The van der Waals surface area contributed by atoms with Gasteiger partial charge in [0.05, 0.1) is 6.42 Å². The Labute approximate surface area is 75.2 Å². The zero-order valence-corrected chi connectivity index (χ0v) is 6.90. The van der Waals surface area contributed by atoms with E-state index in [1.54, 1.807) is 0 Å². The van der Waals surface area contributed by atoms with Crippen molar-refractivity contribution < 1.29 is 26.7 Å². The topological polar surface area (TPSA) is 32.7 Å². The van der Waals surface area contributed by atoms with E-state index in [0.717, 1.165) is 7.05 Å². The van der Waals surface area contributed by atoms with Crippen LogP contribution in [0.1, 0.15) is 6.42 Å². The van der Waals surface area contributed by atoms with Crippen molar-refractivity contribution in [3.05, 3.63) is 0 Å². The van der Waals surface area contributed by atoms with Gasteiger partial charge in [-0.3, -0.25) is 4.79 Å². The molecule has 0 aliphatic carbocycles. The lowest BCUT2D eigenvalue weighted by Gasteiger charge is -2.18. The van der Waals surface area contributed by atoms with Crippen molar-refractivity contribution in [3.63, 3.8) is 0 Å². The molecule has 3 nitrogen and oxygen atoms in total. The first kappa shape index (κ1) is 10.9. The number of alkyl halides is 5. The van der Waals surface area contributed by atoms with Gasteiger partial charge in [0, 0.05) is 7.05 Å². The zero-order valence-electron chi connectivity index (χ0n) is 6.90. The molecule has 0 radical (unpaired) electrons. The molecule has 0 fully saturated rings. The third kappa shape index (κ3) is 1.55. The van der Waals surface area contributed by atoms with Crippen molar-refractivity contribution in [2.45, 2.75) is 18.5 Å². The summed E-state index contributed by atoms with van der Waals surface area (Å²) in [5.41, 5.74) is -1.46. The normalized spacial score (nSPS) is 18.9. The average molecular weight is 216 g/mol. The van der Waals surface area contributed by atoms with Crippen LogP contribution in [0, 0.1) is 0 Å². The summed E-state index contributed by atoms with van der Waals surface area (Å²) in [6.07, 6.45) is -6.71. The van der Waals surface area contributed by atoms with Crippen molar-refractivity contribution >= 4 is 11.6 Å². The number of halogens is 5. The monoisotopic (exact) mass is 216 g/mol. The van der Waals surface area contributed by atoms with E-state index >= 15 is 0 Å². The molecule has 80 valence electrons. The van der Waals surface area contributed by atoms with Gasteiger partial charge >= 0.3 is 12.1 Å². The molecule has 14 heavy (non-hydrogen) atoms. The van der Waals surface area contributed by atoms with Crippen LogP contribution in [0.4, 0.5) is 22.0 Å². The number of carbonyl (C=O) groups is 1. The summed E-state index contributed by atoms with van der Waals surface area (Å²) in [4.78, 5) is 10.7. The van der Waals surface area contributed by atoms with Crippen LogP contribution in [0.5, 0.6) is 0 Å². The number of rotatable bonds is 1. The standard InChI is InChI=1S/C6H5F5N2O/c1-13-4(14)2-3(12-13)5(7,8)6(9,10)11/h2H2,1H3. The maximum Gasteiger partial charge on any atom is 0.459 e. The summed E-state index contributed by atoms with van der Waals surface area (Å²) >= 11 is 0. The highest BCUT2D eigenvalue weighted by Gasteiger charge is 2.62. The SMILES string of the molecule is CN1N=C(C(F)(F)C(F)(F)F)CC1=O. The number of hydrogen-bond acceptors (Lipinski definition) is 2. The smallest absolute Gasteiger partial charge is 0.273 e. The van der Waals surface area contributed by atoms with E-state index in [0.29, 0.717) is 5.01 Å². The predicted molar refractivity (Wildman–Crippen MR) is 35.8 cm³/mol. The molecule has 0 saturated heterocycles. The molecular weight excluding hydrogens is 211 g/mol. The highest BCUT2D eigenvalue weighted by atomic mass is 19.4. The van der Waals surface area contributed by atoms with Gasteiger partial charge in [0.1, 0.15) is 5.71 Å². The van der Waals surface area contributed by atoms with Gasteiger partial charge in [-0.2, -0.15) is 27.1 Å². The van der Waals surface area contributed by atoms with Crippen molar-refractivity contribution in [1.29, 1.82) is 0 Å². The van der Waals surface area contributed by atoms with E-state index in [-0.39, 0.29) is 0 Å². The Morgan fingerprint density at radius 1 is 1.29 bits per heavy atom. The van der Waals surface area contributed by atoms with E-state index in [1.807, 2.05) is 0 Å². The van der Waals surface area contributed by atoms with Crippen LogP contribution in [-0.2, 0) is 4.79 Å². The van der Waals surface area contributed by atoms with E-state index < -0.39 is 30.1 Å². The molecule has 0 spiro atoms. The minimum atomic E-state index is -5.71. The fourth-order valence-electron chi connectivity index (χ4n) is 0.867. The van der Waals surface area contributed by atoms with Gasteiger partial charge in [-0.05, 0) is 0 Å². The Balaban J connectivity index is 2.96. The van der Waals surface area contributed by atoms with Crippen LogP contribution in [0.2, 0.25) is 0 Å². The first-order chi connectivity index (χ1) is 6.16. The fourth-order valence-corrected chi connectivity index (χ4v) is 0.867. The van der Waals surface area contributed by atoms with Crippen molar-refractivity contribution in [3.8, 4) is 0 Å². The molecule has 0 bridgehead atoms. The molecule has 0 aromatic heterocycles. The second kappa shape index (κ2) is 2.89. The minimum Gasteiger partial charge on any atom is -0.273 e. The highest BCUT2D eigenvalue weighted by molar-refractivity contribution is 6.08. The molecule has 0 saturated carbocycles. The van der Waals surface area contributed by atoms with Crippen molar-refractivity contribution in [2.75, 3.05) is 7.05 Å². The predicted octanol–water partition coefficient (Wildman–Crippen LogP) is 1.40. The summed E-state index contributed by atoms with van der Waals surface area (Å²) in [5.74, 6) is -5.92. The van der Waals surface area contributed by atoms with Crippen LogP contribution in [0.25, 0.3) is 0 Å². The molecule has 0 aromatic carbocycles. The summed E-state index contributed by atoms with van der Waals surface area (Å²) in [6, 6.07) is 0. The van der Waals surface area contributed by atoms with E-state index in [2.05, 4.69) is 5.10 Å². The van der Waals surface area contributed by atoms with Crippen LogP contribution in [0.15, 0.2) is 5.10 Å². The number of hydrazone groups is 1. The zero-order chi connectivity index (χ0) is 11.1. The van der Waals surface area contributed by atoms with E-state index in [4.69, 9.17) is 0 Å². The second-order valence-corrected chi connectivity index (χ2v) is 2.71. The van der Waals surface area contributed by atoms with Gasteiger partial charge in [0.25, 0.3) is 0 Å². The molecule has 8 heteroatoms. The molecule has 1 aliphatic rings. The average Bonchev–Trinajstić information content (AvgIpc) is 2.30. The maximum absolute atomic E-state index is 12.5. The van der Waals surface area contributed by atoms with Gasteiger partial charge < -0.3 is 0 Å². The van der Waals surface area contributed by atoms with E-state index in [9.17, 15) is 26.7 Å². The Hall–Kier alpha value is -1.21. The second-order valence-electron chi connectivity index (χ2n) is 2.71. The lowest BCUT2D eigenvalue weighted by Crippen LogP contribution is -2.43. The Morgan fingerprint density at radius 3 is 2.07 bits per heavy atom. The largest absolute Gasteiger partial charge is 0.459 e. The maximum atomic E-state index is 12.5. The highest BCUT2D eigenvalue weighted by Crippen LogP contribution is 2.38. The van der Waals surface area contributed by atoms with Crippen LogP contribution < -0.4 is 0 Å². The molecule has 1 aliphatic heterocycles. The third-order valence-electron chi connectivity index (χ3n) is 1.67. The third-order valence-corrected chi connectivity index (χ3v) is 1.67. The van der Waals surface area contributed by atoms with Crippen molar-refractivity contribution in [2.24, 2.45) is 5.10 Å². The lowest BCUT2D eigenvalue weighted by atomic mass is 10.1. The van der Waals surface area contributed by atoms with Crippen LogP contribution >= 0.6 is 0 Å². The fraction of sp³-hybridized carbons (Fsp3) is 0.667. The summed E-state index contributed by atoms with van der Waals surface area (Å²) in [5, 5.41) is 3.31. The van der Waals surface area contributed by atoms with Crippen molar-refractivity contribution in [1.82, 2.24) is 5.01 Å². The van der Waals surface area contributed by atoms with Gasteiger partial charge in [0.2, 0.25) is 5.91 Å². The summed E-state index contributed by atoms with van der Waals surface area (Å²) < 4.78 is 60.4. The summed E-state index contributed by atoms with van der Waals surface area (Å²) in [6.45, 7) is 0. The quantitative estimate of drug-likeness (QED) is 0.610. The number of amides is 1. The summed E-state index contributed by atoms with van der Waals surface area (Å²) in [7, 11) is 1.02. The molecule has 0 N–H and O–H groups in total. The molecular formula is C6H5F5N2O. The van der Waals surface area contributed by atoms with Crippen LogP contribution in [0.3, 0.4) is 0 Å². The first-order valence-electron chi connectivity index (χ1n) is 3.45. The molecule has 0 unspecified atom stereocenters. The van der Waals surface area contributed by atoms with Gasteiger partial charge in [-0.1, -0.05) is 0 Å². The van der Waals surface area contributed by atoms with Gasteiger partial charge in [0.15, 0.2) is 0 Å². The van der Waals surface area contributed by atoms with E-state index in [1.165, 1.54) is 0 Å². The number of hydrogen-bond donors (Lipinski definition) is 0. The molecule has 0 aromatic rings. The Kier molecular flexibility index (Phi) is 2.24. The molecule has 1 amide bonds. The molecule has 1 rings (SSSR count). The van der Waals surface area contributed by atoms with Gasteiger partial charge in [-0.15, -0.1) is 0 Å². The minimum absolute atomic E-state index is 0.467. The molecule has 0 atom stereocenters. The molecule has 1 heterocycles. The van der Waals surface area contributed by atoms with Gasteiger partial charge in [-0.25, -0.2) is 5.01 Å². The Morgan fingerprint density at radius 2 is 1.79 bits per heavy atom.